The topological polar surface area (TPSA) is 72.7 Å². The lowest BCUT2D eigenvalue weighted by Crippen LogP contribution is -2.36. The molecule has 0 radical (unpaired) electrons. The summed E-state index contributed by atoms with van der Waals surface area (Å²) in [4.78, 5) is 12.8. The number of halogens is 1. The van der Waals surface area contributed by atoms with E-state index in [1.54, 1.807) is 4.68 Å². The van der Waals surface area contributed by atoms with E-state index in [-0.39, 0.29) is 17.2 Å². The van der Waals surface area contributed by atoms with Crippen molar-refractivity contribution in [2.75, 3.05) is 5.32 Å². The Labute approximate surface area is 138 Å². The van der Waals surface area contributed by atoms with E-state index in [2.05, 4.69) is 34.7 Å². The fraction of sp³-hybridized carbons (Fsp3) is 0.375. The normalized spacial score (nSPS) is 22.4. The van der Waals surface area contributed by atoms with Crippen molar-refractivity contribution < 1.29 is 4.79 Å². The van der Waals surface area contributed by atoms with Gasteiger partial charge in [-0.3, -0.25) is 4.79 Å². The van der Waals surface area contributed by atoms with Crippen LogP contribution in [0.2, 0.25) is 5.02 Å². The van der Waals surface area contributed by atoms with Crippen molar-refractivity contribution in [3.05, 3.63) is 46.1 Å². The highest BCUT2D eigenvalue weighted by Crippen LogP contribution is 2.44. The summed E-state index contributed by atoms with van der Waals surface area (Å²) in [7, 11) is 0. The van der Waals surface area contributed by atoms with Crippen molar-refractivity contribution in [1.29, 1.82) is 0 Å². The van der Waals surface area contributed by atoms with Gasteiger partial charge in [-0.1, -0.05) is 42.7 Å². The van der Waals surface area contributed by atoms with Crippen molar-refractivity contribution >= 4 is 23.3 Å². The van der Waals surface area contributed by atoms with Crippen molar-refractivity contribution in [2.45, 2.75) is 32.7 Å². The summed E-state index contributed by atoms with van der Waals surface area (Å²) >= 11 is 5.99. The molecule has 23 heavy (non-hydrogen) atoms. The van der Waals surface area contributed by atoms with Crippen molar-refractivity contribution in [2.24, 2.45) is 5.41 Å². The number of carbonyl (C=O) groups excluding carboxylic acids is 1. The number of ketones is 1. The van der Waals surface area contributed by atoms with Crippen LogP contribution in [0.5, 0.6) is 0 Å². The minimum absolute atomic E-state index is 0.0664. The summed E-state index contributed by atoms with van der Waals surface area (Å²) in [5.41, 5.74) is 2.56. The predicted molar refractivity (Wildman–Crippen MR) is 86.1 cm³/mol. The molecule has 2 aromatic rings. The zero-order valence-corrected chi connectivity index (χ0v) is 13.6. The summed E-state index contributed by atoms with van der Waals surface area (Å²) < 4.78 is 1.66. The molecule has 1 N–H and O–H groups in total. The van der Waals surface area contributed by atoms with Crippen molar-refractivity contribution in [3.63, 3.8) is 0 Å². The summed E-state index contributed by atoms with van der Waals surface area (Å²) in [6, 6.07) is 7.17. The Balaban J connectivity index is 1.89. The predicted octanol–water partition coefficient (Wildman–Crippen LogP) is 2.98. The van der Waals surface area contributed by atoms with Gasteiger partial charge in [0.2, 0.25) is 5.95 Å². The van der Waals surface area contributed by atoms with Crippen molar-refractivity contribution in [1.82, 2.24) is 20.2 Å². The standard InChI is InChI=1S/C16H16ClN5O/c1-16(2)7-11-13(12(23)8-16)14(9-3-5-10(17)6-4-9)22-15(18-11)19-20-21-22/h3-6,14H,7-8H2,1-2H3,(H,18,19,21). The molecule has 7 heteroatoms. The number of rotatable bonds is 1. The number of nitrogens with zero attached hydrogens (tertiary/aromatic N) is 4. The van der Waals surface area contributed by atoms with Crippen LogP contribution in [-0.4, -0.2) is 26.0 Å². The van der Waals surface area contributed by atoms with Crippen LogP contribution in [0.3, 0.4) is 0 Å². The van der Waals surface area contributed by atoms with Gasteiger partial charge in [-0.15, -0.1) is 0 Å². The third-order valence-corrected chi connectivity index (χ3v) is 4.63. The molecule has 2 heterocycles. The van der Waals surface area contributed by atoms with Crippen LogP contribution in [0.25, 0.3) is 0 Å². The van der Waals surface area contributed by atoms with Crippen LogP contribution in [0.15, 0.2) is 35.5 Å². The fourth-order valence-corrected chi connectivity index (χ4v) is 3.55. The van der Waals surface area contributed by atoms with Crippen molar-refractivity contribution in [3.8, 4) is 0 Å². The molecule has 118 valence electrons. The van der Waals surface area contributed by atoms with E-state index in [4.69, 9.17) is 11.6 Å². The molecule has 1 atom stereocenters. The first-order valence-corrected chi connectivity index (χ1v) is 7.89. The molecule has 1 aromatic heterocycles. The molecular weight excluding hydrogens is 314 g/mol. The Morgan fingerprint density at radius 2 is 2.00 bits per heavy atom. The van der Waals surface area contributed by atoms with E-state index >= 15 is 0 Å². The van der Waals surface area contributed by atoms with Gasteiger partial charge in [0.15, 0.2) is 5.78 Å². The van der Waals surface area contributed by atoms with Crippen LogP contribution >= 0.6 is 11.6 Å². The number of anilines is 1. The number of hydrogen-bond donors (Lipinski definition) is 1. The third-order valence-electron chi connectivity index (χ3n) is 4.38. The number of benzene rings is 1. The summed E-state index contributed by atoms with van der Waals surface area (Å²) in [6.07, 6.45) is 1.32. The lowest BCUT2D eigenvalue weighted by atomic mass is 9.73. The summed E-state index contributed by atoms with van der Waals surface area (Å²) in [6.45, 7) is 4.20. The quantitative estimate of drug-likeness (QED) is 0.870. The SMILES string of the molecule is CC1(C)CC(=O)C2=C(C1)Nc1nnnn1C2c1ccc(Cl)cc1. The molecule has 0 bridgehead atoms. The second kappa shape index (κ2) is 4.89. The second-order valence-corrected chi connectivity index (χ2v) is 7.30. The average molecular weight is 330 g/mol. The highest BCUT2D eigenvalue weighted by atomic mass is 35.5. The number of Topliss-reactive ketones (excluding diaryl/α,β-unsaturated/α-hetero) is 1. The zero-order valence-electron chi connectivity index (χ0n) is 12.9. The largest absolute Gasteiger partial charge is 0.326 e. The Bertz CT molecular complexity index is 821. The smallest absolute Gasteiger partial charge is 0.248 e. The summed E-state index contributed by atoms with van der Waals surface area (Å²) in [5, 5.41) is 15.8. The Morgan fingerprint density at radius 3 is 2.74 bits per heavy atom. The average Bonchev–Trinajstić information content (AvgIpc) is 2.92. The van der Waals surface area contributed by atoms with Gasteiger partial charge in [0.05, 0.1) is 0 Å². The zero-order chi connectivity index (χ0) is 16.2. The second-order valence-electron chi connectivity index (χ2n) is 6.86. The lowest BCUT2D eigenvalue weighted by molar-refractivity contribution is -0.118. The van der Waals surface area contributed by atoms with E-state index in [1.165, 1.54) is 0 Å². The molecule has 0 spiro atoms. The third kappa shape index (κ3) is 2.34. The van der Waals surface area contributed by atoms with Gasteiger partial charge in [-0.25, -0.2) is 0 Å². The minimum atomic E-state index is -0.308. The molecule has 0 fully saturated rings. The molecule has 6 nitrogen and oxygen atoms in total. The minimum Gasteiger partial charge on any atom is -0.326 e. The Hall–Kier alpha value is -2.21. The van der Waals surface area contributed by atoms with Gasteiger partial charge >= 0.3 is 0 Å². The Morgan fingerprint density at radius 1 is 1.26 bits per heavy atom. The van der Waals surface area contributed by atoms with Gasteiger partial charge in [-0.2, -0.15) is 4.68 Å². The molecular formula is C16H16ClN5O. The van der Waals surface area contributed by atoms with E-state index in [0.717, 1.165) is 23.3 Å². The van der Waals surface area contributed by atoms with Gasteiger partial charge in [0.1, 0.15) is 6.04 Å². The monoisotopic (exact) mass is 329 g/mol. The molecule has 4 rings (SSSR count). The fourth-order valence-electron chi connectivity index (χ4n) is 3.42. The molecule has 1 aliphatic heterocycles. The summed E-state index contributed by atoms with van der Waals surface area (Å²) in [5.74, 6) is 0.707. The number of allylic oxidation sites excluding steroid dienone is 2. The maximum Gasteiger partial charge on any atom is 0.248 e. The van der Waals surface area contributed by atoms with Gasteiger partial charge in [-0.05, 0) is 40.0 Å². The van der Waals surface area contributed by atoms with Crippen LogP contribution in [0, 0.1) is 5.41 Å². The molecule has 0 amide bonds. The maximum atomic E-state index is 12.8. The van der Waals surface area contributed by atoms with Gasteiger partial charge < -0.3 is 5.32 Å². The molecule has 1 aliphatic carbocycles. The highest BCUT2D eigenvalue weighted by molar-refractivity contribution is 6.30. The lowest BCUT2D eigenvalue weighted by Gasteiger charge is -2.37. The van der Waals surface area contributed by atoms with Crippen LogP contribution in [-0.2, 0) is 4.79 Å². The highest BCUT2D eigenvalue weighted by Gasteiger charge is 2.41. The maximum absolute atomic E-state index is 12.8. The molecule has 2 aliphatic rings. The van der Waals surface area contributed by atoms with E-state index < -0.39 is 0 Å². The number of carbonyl (C=O) groups is 1. The number of nitrogens with one attached hydrogen (secondary N) is 1. The molecule has 0 saturated carbocycles. The first-order valence-electron chi connectivity index (χ1n) is 7.51. The molecule has 0 saturated heterocycles. The van der Waals surface area contributed by atoms with Crippen LogP contribution in [0.1, 0.15) is 38.3 Å². The van der Waals surface area contributed by atoms with Gasteiger partial charge in [0.25, 0.3) is 0 Å². The number of fused-ring (bicyclic) bond motifs is 1. The first-order chi connectivity index (χ1) is 10.9. The molecule has 1 aromatic carbocycles. The number of tetrazole rings is 1. The number of hydrogen-bond acceptors (Lipinski definition) is 5. The van der Waals surface area contributed by atoms with Gasteiger partial charge in [0, 0.05) is 22.7 Å². The van der Waals surface area contributed by atoms with Crippen LogP contribution in [0.4, 0.5) is 5.95 Å². The molecule has 1 unspecified atom stereocenters. The Kier molecular flexibility index (Phi) is 3.06. The first kappa shape index (κ1) is 14.4. The van der Waals surface area contributed by atoms with E-state index in [1.807, 2.05) is 24.3 Å². The van der Waals surface area contributed by atoms with Crippen LogP contribution < -0.4 is 5.32 Å². The van der Waals surface area contributed by atoms with E-state index in [9.17, 15) is 4.79 Å². The number of aromatic nitrogens is 4. The van der Waals surface area contributed by atoms with E-state index in [0.29, 0.717) is 17.4 Å².